The molecule has 5 heteroatoms. The Hall–Kier alpha value is -2.48. The lowest BCUT2D eigenvalue weighted by Gasteiger charge is -2.12. The Morgan fingerprint density at radius 3 is 2.26 bits per heavy atom. The lowest BCUT2D eigenvalue weighted by atomic mass is 10.1. The number of hydrogen-bond acceptors (Lipinski definition) is 2. The van der Waals surface area contributed by atoms with E-state index in [9.17, 15) is 13.2 Å². The van der Waals surface area contributed by atoms with Crippen LogP contribution < -0.4 is 5.32 Å². The van der Waals surface area contributed by atoms with Crippen LogP contribution in [0.5, 0.6) is 0 Å². The molecule has 0 atom stereocenters. The van der Waals surface area contributed by atoms with Crippen LogP contribution in [0.3, 0.4) is 0 Å². The molecule has 0 aliphatic rings. The van der Waals surface area contributed by atoms with Gasteiger partial charge in [-0.2, -0.15) is 5.26 Å². The minimum atomic E-state index is -1.05. The van der Waals surface area contributed by atoms with Crippen LogP contribution in [-0.2, 0) is 0 Å². The summed E-state index contributed by atoms with van der Waals surface area (Å²) in [4.78, 5) is 0. The summed E-state index contributed by atoms with van der Waals surface area (Å²) >= 11 is 0. The fourth-order valence-electron chi connectivity index (χ4n) is 1.71. The van der Waals surface area contributed by atoms with E-state index >= 15 is 0 Å². The average molecular weight is 262 g/mol. The van der Waals surface area contributed by atoms with Gasteiger partial charge in [0.25, 0.3) is 0 Å². The Labute approximate surface area is 108 Å². The number of nitrogens with zero attached hydrogens (tertiary/aromatic N) is 1. The summed E-state index contributed by atoms with van der Waals surface area (Å²) in [5, 5.41) is 11.5. The second-order valence-corrected chi connectivity index (χ2v) is 3.98. The first-order valence-corrected chi connectivity index (χ1v) is 5.44. The van der Waals surface area contributed by atoms with Crippen molar-refractivity contribution in [1.82, 2.24) is 0 Å². The largest absolute Gasteiger partial charge is 0.349 e. The molecule has 0 radical (unpaired) electrons. The summed E-state index contributed by atoms with van der Waals surface area (Å²) in [5.74, 6) is -3.10. The quantitative estimate of drug-likeness (QED) is 0.887. The van der Waals surface area contributed by atoms with Gasteiger partial charge in [0.05, 0.1) is 11.3 Å². The minimum Gasteiger partial charge on any atom is -0.349 e. The van der Waals surface area contributed by atoms with E-state index in [4.69, 9.17) is 5.26 Å². The molecule has 2 aromatic carbocycles. The van der Waals surface area contributed by atoms with E-state index in [0.717, 1.165) is 0 Å². The third-order valence-corrected chi connectivity index (χ3v) is 2.65. The fraction of sp³-hybridized carbons (Fsp3) is 0.0714. The Kier molecular flexibility index (Phi) is 3.43. The Balaban J connectivity index is 2.51. The Morgan fingerprint density at radius 2 is 1.68 bits per heavy atom. The van der Waals surface area contributed by atoms with Crippen LogP contribution in [0.15, 0.2) is 30.3 Å². The maximum atomic E-state index is 13.5. The monoisotopic (exact) mass is 262 g/mol. The molecule has 2 aromatic rings. The molecule has 96 valence electrons. The van der Waals surface area contributed by atoms with Crippen molar-refractivity contribution in [1.29, 1.82) is 5.26 Å². The van der Waals surface area contributed by atoms with Crippen molar-refractivity contribution < 1.29 is 13.2 Å². The van der Waals surface area contributed by atoms with Crippen LogP contribution in [-0.4, -0.2) is 0 Å². The minimum absolute atomic E-state index is 0.253. The Bertz CT molecular complexity index is 652. The molecular weight excluding hydrogens is 253 g/mol. The number of nitrogens with one attached hydrogen (secondary N) is 1. The molecule has 1 N–H and O–H groups in total. The van der Waals surface area contributed by atoms with Crippen LogP contribution in [0.25, 0.3) is 0 Å². The van der Waals surface area contributed by atoms with Crippen molar-refractivity contribution in [3.63, 3.8) is 0 Å². The first kappa shape index (κ1) is 13.0. The average Bonchev–Trinajstić information content (AvgIpc) is 2.34. The molecule has 0 spiro atoms. The van der Waals surface area contributed by atoms with Crippen molar-refractivity contribution in [2.24, 2.45) is 0 Å². The van der Waals surface area contributed by atoms with Crippen molar-refractivity contribution >= 4 is 11.4 Å². The van der Waals surface area contributed by atoms with E-state index in [-0.39, 0.29) is 5.56 Å². The molecule has 0 fully saturated rings. The van der Waals surface area contributed by atoms with Crippen LogP contribution >= 0.6 is 0 Å². The molecule has 0 aliphatic carbocycles. The maximum Gasteiger partial charge on any atom is 0.152 e. The molecule has 2 nitrogen and oxygen atoms in total. The van der Waals surface area contributed by atoms with Gasteiger partial charge in [-0.05, 0) is 18.6 Å². The van der Waals surface area contributed by atoms with E-state index in [1.807, 2.05) is 6.07 Å². The van der Waals surface area contributed by atoms with E-state index in [0.29, 0.717) is 23.4 Å². The fourth-order valence-corrected chi connectivity index (χ4v) is 1.71. The van der Waals surface area contributed by atoms with E-state index in [2.05, 4.69) is 5.32 Å². The van der Waals surface area contributed by atoms with Gasteiger partial charge in [-0.3, -0.25) is 0 Å². The van der Waals surface area contributed by atoms with Crippen molar-refractivity contribution in [2.75, 3.05) is 5.32 Å². The van der Waals surface area contributed by atoms with E-state index in [1.54, 1.807) is 19.1 Å². The number of anilines is 2. The second kappa shape index (κ2) is 5.02. The molecule has 0 saturated carbocycles. The van der Waals surface area contributed by atoms with Gasteiger partial charge in [-0.1, -0.05) is 12.1 Å². The van der Waals surface area contributed by atoms with Crippen molar-refractivity contribution in [2.45, 2.75) is 6.92 Å². The number of hydrogen-bond donors (Lipinski definition) is 1. The van der Waals surface area contributed by atoms with E-state index < -0.39 is 23.1 Å². The van der Waals surface area contributed by atoms with E-state index in [1.165, 1.54) is 6.07 Å². The number of nitriles is 1. The number of aryl methyl sites for hydroxylation is 1. The zero-order chi connectivity index (χ0) is 14.0. The number of benzene rings is 2. The smallest absolute Gasteiger partial charge is 0.152 e. The van der Waals surface area contributed by atoms with Crippen LogP contribution in [0.2, 0.25) is 0 Å². The highest BCUT2D eigenvalue weighted by atomic mass is 19.1. The molecule has 19 heavy (non-hydrogen) atoms. The first-order valence-electron chi connectivity index (χ1n) is 5.44. The molecule has 0 aliphatic heterocycles. The molecule has 0 heterocycles. The molecule has 2 rings (SSSR count). The zero-order valence-electron chi connectivity index (χ0n) is 9.97. The normalized spacial score (nSPS) is 10.1. The highest BCUT2D eigenvalue weighted by Crippen LogP contribution is 2.28. The predicted molar refractivity (Wildman–Crippen MR) is 65.5 cm³/mol. The lowest BCUT2D eigenvalue weighted by molar-refractivity contribution is 0.549. The van der Waals surface area contributed by atoms with Crippen LogP contribution in [0.1, 0.15) is 11.1 Å². The van der Waals surface area contributed by atoms with Gasteiger partial charge in [0, 0.05) is 12.1 Å². The third kappa shape index (κ3) is 2.52. The molecular formula is C14H9F3N2. The predicted octanol–water partition coefficient (Wildman–Crippen LogP) is 4.03. The maximum absolute atomic E-state index is 13.5. The van der Waals surface area contributed by atoms with Crippen LogP contribution in [0.4, 0.5) is 24.5 Å². The van der Waals surface area contributed by atoms with Gasteiger partial charge in [-0.15, -0.1) is 0 Å². The third-order valence-electron chi connectivity index (χ3n) is 2.65. The number of rotatable bonds is 2. The first-order chi connectivity index (χ1) is 9.02. The topological polar surface area (TPSA) is 35.8 Å². The molecule has 0 aromatic heterocycles. The van der Waals surface area contributed by atoms with Crippen LogP contribution in [0, 0.1) is 35.7 Å². The van der Waals surface area contributed by atoms with Gasteiger partial charge in [-0.25, -0.2) is 13.2 Å². The standard InChI is InChI=1S/C14H9F3N2/c1-8-3-2-4-9(7-18)13(8)19-14-11(16)5-10(15)6-12(14)17/h2-6,19H,1H3. The lowest BCUT2D eigenvalue weighted by Crippen LogP contribution is -2.02. The summed E-state index contributed by atoms with van der Waals surface area (Å²) in [6.45, 7) is 1.70. The Morgan fingerprint density at radius 1 is 1.05 bits per heavy atom. The van der Waals surface area contributed by atoms with Gasteiger partial charge in [0.1, 0.15) is 17.6 Å². The van der Waals surface area contributed by atoms with Gasteiger partial charge < -0.3 is 5.32 Å². The summed E-state index contributed by atoms with van der Waals surface area (Å²) in [7, 11) is 0. The zero-order valence-corrected chi connectivity index (χ0v) is 9.97. The second-order valence-electron chi connectivity index (χ2n) is 3.98. The van der Waals surface area contributed by atoms with Crippen molar-refractivity contribution in [3.8, 4) is 6.07 Å². The molecule has 0 unspecified atom stereocenters. The summed E-state index contributed by atoms with van der Waals surface area (Å²) in [6, 6.07) is 7.97. The van der Waals surface area contributed by atoms with Gasteiger partial charge >= 0.3 is 0 Å². The highest BCUT2D eigenvalue weighted by molar-refractivity contribution is 5.70. The van der Waals surface area contributed by atoms with Crippen molar-refractivity contribution in [3.05, 3.63) is 58.9 Å². The number of para-hydroxylation sites is 1. The van der Waals surface area contributed by atoms with Gasteiger partial charge in [0.2, 0.25) is 0 Å². The molecule has 0 amide bonds. The highest BCUT2D eigenvalue weighted by Gasteiger charge is 2.14. The molecule has 0 bridgehead atoms. The van der Waals surface area contributed by atoms with Gasteiger partial charge in [0.15, 0.2) is 11.6 Å². The SMILES string of the molecule is Cc1cccc(C#N)c1Nc1c(F)cc(F)cc1F. The molecule has 0 saturated heterocycles. The summed E-state index contributed by atoms with van der Waals surface area (Å²) < 4.78 is 39.9. The summed E-state index contributed by atoms with van der Waals surface area (Å²) in [5.41, 5.74) is 0.729. The summed E-state index contributed by atoms with van der Waals surface area (Å²) in [6.07, 6.45) is 0. The number of halogens is 3.